The van der Waals surface area contributed by atoms with Crippen LogP contribution in [0.2, 0.25) is 0 Å². The van der Waals surface area contributed by atoms with E-state index in [1.54, 1.807) is 6.33 Å². The van der Waals surface area contributed by atoms with Gasteiger partial charge in [0.25, 0.3) is 0 Å². The fourth-order valence-electron chi connectivity index (χ4n) is 2.75. The second-order valence-electron chi connectivity index (χ2n) is 5.64. The molecule has 0 saturated carbocycles. The van der Waals surface area contributed by atoms with Crippen LogP contribution in [-0.4, -0.2) is 26.7 Å². The van der Waals surface area contributed by atoms with Crippen molar-refractivity contribution >= 4 is 0 Å². The van der Waals surface area contributed by atoms with E-state index in [9.17, 15) is 4.39 Å². The summed E-state index contributed by atoms with van der Waals surface area (Å²) in [7, 11) is 3.97. The van der Waals surface area contributed by atoms with Crippen molar-refractivity contribution in [3.8, 4) is 0 Å². The molecular formula is C18H19FN4. The van der Waals surface area contributed by atoms with Crippen molar-refractivity contribution in [2.24, 2.45) is 7.05 Å². The fourth-order valence-corrected chi connectivity index (χ4v) is 2.75. The first kappa shape index (κ1) is 15.4. The first-order valence-electron chi connectivity index (χ1n) is 7.48. The van der Waals surface area contributed by atoms with E-state index in [0.29, 0.717) is 6.54 Å². The third kappa shape index (κ3) is 3.46. The lowest BCUT2D eigenvalue weighted by Gasteiger charge is -2.28. The summed E-state index contributed by atoms with van der Waals surface area (Å²) in [4.78, 5) is 2.19. The van der Waals surface area contributed by atoms with Crippen molar-refractivity contribution in [1.82, 2.24) is 19.7 Å². The van der Waals surface area contributed by atoms with Gasteiger partial charge in [-0.05, 0) is 30.3 Å². The van der Waals surface area contributed by atoms with Crippen LogP contribution in [-0.2, 0) is 13.6 Å². The summed E-state index contributed by atoms with van der Waals surface area (Å²) < 4.78 is 15.2. The number of hydrogen-bond acceptors (Lipinski definition) is 3. The lowest BCUT2D eigenvalue weighted by molar-refractivity contribution is 0.260. The number of halogens is 1. The topological polar surface area (TPSA) is 34.0 Å². The average molecular weight is 310 g/mol. The molecule has 3 aromatic rings. The maximum atomic E-state index is 13.3. The number of rotatable bonds is 5. The van der Waals surface area contributed by atoms with Crippen LogP contribution in [0.1, 0.15) is 23.0 Å². The Labute approximate surface area is 135 Å². The Hall–Kier alpha value is -2.53. The summed E-state index contributed by atoms with van der Waals surface area (Å²) in [5.74, 6) is 0.659. The Kier molecular flexibility index (Phi) is 4.48. The molecule has 0 bridgehead atoms. The van der Waals surface area contributed by atoms with Gasteiger partial charge in [0.05, 0.1) is 12.6 Å². The summed E-state index contributed by atoms with van der Waals surface area (Å²) >= 11 is 0. The van der Waals surface area contributed by atoms with E-state index in [2.05, 4.69) is 27.2 Å². The Morgan fingerprint density at radius 3 is 2.30 bits per heavy atom. The van der Waals surface area contributed by atoms with E-state index < -0.39 is 0 Å². The lowest BCUT2D eigenvalue weighted by Crippen LogP contribution is -2.26. The van der Waals surface area contributed by atoms with Gasteiger partial charge in [-0.15, -0.1) is 10.2 Å². The van der Waals surface area contributed by atoms with Crippen LogP contribution in [0.25, 0.3) is 0 Å². The minimum atomic E-state index is -0.225. The van der Waals surface area contributed by atoms with Gasteiger partial charge in [-0.25, -0.2) is 4.39 Å². The monoisotopic (exact) mass is 310 g/mol. The molecule has 2 aromatic carbocycles. The molecule has 1 heterocycles. The molecule has 1 atom stereocenters. The molecule has 23 heavy (non-hydrogen) atoms. The minimum Gasteiger partial charge on any atom is -0.320 e. The summed E-state index contributed by atoms with van der Waals surface area (Å²) in [5.41, 5.74) is 2.20. The molecular weight excluding hydrogens is 291 g/mol. The summed E-state index contributed by atoms with van der Waals surface area (Å²) in [5, 5.41) is 8.08. The Balaban J connectivity index is 1.94. The molecule has 1 unspecified atom stereocenters. The van der Waals surface area contributed by atoms with E-state index >= 15 is 0 Å². The number of nitrogens with zero attached hydrogens (tertiary/aromatic N) is 4. The van der Waals surface area contributed by atoms with E-state index in [-0.39, 0.29) is 11.9 Å². The third-order valence-electron chi connectivity index (χ3n) is 3.94. The molecule has 1 aromatic heterocycles. The molecule has 0 aliphatic rings. The Morgan fingerprint density at radius 1 is 1.04 bits per heavy atom. The normalized spacial score (nSPS) is 12.5. The smallest absolute Gasteiger partial charge is 0.146 e. The van der Waals surface area contributed by atoms with Crippen LogP contribution in [0, 0.1) is 5.82 Å². The Bertz CT molecular complexity index is 752. The third-order valence-corrected chi connectivity index (χ3v) is 3.94. The van der Waals surface area contributed by atoms with Crippen LogP contribution in [0.15, 0.2) is 60.9 Å². The highest BCUT2D eigenvalue weighted by Crippen LogP contribution is 2.28. The second-order valence-corrected chi connectivity index (χ2v) is 5.64. The second kappa shape index (κ2) is 6.71. The van der Waals surface area contributed by atoms with E-state index in [1.165, 1.54) is 12.1 Å². The number of aryl methyl sites for hydroxylation is 1. The first-order valence-corrected chi connectivity index (χ1v) is 7.48. The van der Waals surface area contributed by atoms with E-state index in [1.807, 2.05) is 49.0 Å². The van der Waals surface area contributed by atoms with Crippen molar-refractivity contribution in [2.45, 2.75) is 12.6 Å². The maximum absolute atomic E-state index is 13.3. The molecule has 118 valence electrons. The summed E-state index contributed by atoms with van der Waals surface area (Å²) in [6.07, 6.45) is 1.69. The largest absolute Gasteiger partial charge is 0.320 e. The van der Waals surface area contributed by atoms with Gasteiger partial charge in [0.2, 0.25) is 0 Å². The highest BCUT2D eigenvalue weighted by Gasteiger charge is 2.20. The van der Waals surface area contributed by atoms with Crippen molar-refractivity contribution in [3.63, 3.8) is 0 Å². The van der Waals surface area contributed by atoms with Crippen LogP contribution >= 0.6 is 0 Å². The zero-order chi connectivity index (χ0) is 16.2. The van der Waals surface area contributed by atoms with E-state index in [4.69, 9.17) is 0 Å². The summed E-state index contributed by atoms with van der Waals surface area (Å²) in [6.45, 7) is 0.646. The highest BCUT2D eigenvalue weighted by atomic mass is 19.1. The SMILES string of the molecule is CN(Cc1nncn1C)C(c1ccccc1)c1ccc(F)cc1. The molecule has 0 fully saturated rings. The predicted octanol–water partition coefficient (Wildman–Crippen LogP) is 3.18. The molecule has 4 nitrogen and oxygen atoms in total. The average Bonchev–Trinajstić information content (AvgIpc) is 2.96. The lowest BCUT2D eigenvalue weighted by atomic mass is 9.97. The van der Waals surface area contributed by atoms with Crippen LogP contribution in [0.5, 0.6) is 0 Å². The standard InChI is InChI=1S/C18H19FN4/c1-22(12-17-21-20-13-23(17)2)18(14-6-4-3-5-7-14)15-8-10-16(19)11-9-15/h3-11,13,18H,12H2,1-2H3. The van der Waals surface area contributed by atoms with E-state index in [0.717, 1.165) is 17.0 Å². The van der Waals surface area contributed by atoms with Gasteiger partial charge in [0.15, 0.2) is 0 Å². The quantitative estimate of drug-likeness (QED) is 0.726. The summed E-state index contributed by atoms with van der Waals surface area (Å²) in [6, 6.07) is 16.9. The zero-order valence-corrected chi connectivity index (χ0v) is 13.2. The van der Waals surface area contributed by atoms with Gasteiger partial charge in [0.1, 0.15) is 18.0 Å². The van der Waals surface area contributed by atoms with Crippen molar-refractivity contribution < 1.29 is 4.39 Å². The molecule has 0 aliphatic carbocycles. The van der Waals surface area contributed by atoms with Crippen LogP contribution in [0.3, 0.4) is 0 Å². The molecule has 0 radical (unpaired) electrons. The molecule has 0 aliphatic heterocycles. The zero-order valence-electron chi connectivity index (χ0n) is 13.2. The molecule has 0 amide bonds. The van der Waals surface area contributed by atoms with Crippen molar-refractivity contribution in [2.75, 3.05) is 7.05 Å². The highest BCUT2D eigenvalue weighted by molar-refractivity contribution is 5.32. The number of hydrogen-bond donors (Lipinski definition) is 0. The van der Waals surface area contributed by atoms with Crippen LogP contribution < -0.4 is 0 Å². The van der Waals surface area contributed by atoms with Crippen molar-refractivity contribution in [1.29, 1.82) is 0 Å². The molecule has 0 saturated heterocycles. The number of benzene rings is 2. The fraction of sp³-hybridized carbons (Fsp3) is 0.222. The first-order chi connectivity index (χ1) is 11.1. The van der Waals surface area contributed by atoms with Gasteiger partial charge in [-0.1, -0.05) is 42.5 Å². The number of aromatic nitrogens is 3. The van der Waals surface area contributed by atoms with Gasteiger partial charge in [-0.3, -0.25) is 4.90 Å². The molecule has 5 heteroatoms. The minimum absolute atomic E-state index is 0.0218. The Morgan fingerprint density at radius 2 is 1.70 bits per heavy atom. The molecule has 0 spiro atoms. The van der Waals surface area contributed by atoms with Crippen LogP contribution in [0.4, 0.5) is 4.39 Å². The van der Waals surface area contributed by atoms with Gasteiger partial charge < -0.3 is 4.57 Å². The maximum Gasteiger partial charge on any atom is 0.146 e. The predicted molar refractivity (Wildman–Crippen MR) is 87.2 cm³/mol. The molecule has 0 N–H and O–H groups in total. The van der Waals surface area contributed by atoms with Gasteiger partial charge >= 0.3 is 0 Å². The van der Waals surface area contributed by atoms with Gasteiger partial charge in [-0.2, -0.15) is 0 Å². The van der Waals surface area contributed by atoms with Crippen molar-refractivity contribution in [3.05, 3.63) is 83.7 Å². The molecule has 3 rings (SSSR count). The van der Waals surface area contributed by atoms with Gasteiger partial charge in [0, 0.05) is 7.05 Å².